The Labute approximate surface area is 30.9 Å². The van der Waals surface area contributed by atoms with Crippen LogP contribution in [0, 0.1) is 0 Å². The van der Waals surface area contributed by atoms with Crippen molar-refractivity contribution in [1.29, 1.82) is 0 Å². The molecule has 0 nitrogen and oxygen atoms in total. The van der Waals surface area contributed by atoms with Gasteiger partial charge in [-0.15, -0.1) is 11.7 Å². The van der Waals surface area contributed by atoms with Crippen molar-refractivity contribution in [3.8, 4) is 0 Å². The molecule has 0 aliphatic rings. The maximum absolute atomic E-state index is 10.2. The number of rotatable bonds is 0. The summed E-state index contributed by atoms with van der Waals surface area (Å²) in [5.74, 6) is 0. The van der Waals surface area contributed by atoms with Crippen molar-refractivity contribution >= 4 is 18.2 Å². The van der Waals surface area contributed by atoms with Crippen molar-refractivity contribution in [1.82, 2.24) is 0 Å². The van der Waals surface area contributed by atoms with Crippen molar-refractivity contribution in [2.75, 3.05) is 0 Å². The van der Waals surface area contributed by atoms with E-state index in [4.69, 9.17) is 0 Å². The fourth-order valence-corrected chi connectivity index (χ4v) is 0. The molecule has 0 aliphatic heterocycles. The van der Waals surface area contributed by atoms with Gasteiger partial charge >= 0.3 is 0 Å². The summed E-state index contributed by atoms with van der Waals surface area (Å²) >= 11 is -5.17. The molecule has 5 heteroatoms. The lowest BCUT2D eigenvalue weighted by Crippen LogP contribution is -1.62. The SMILES string of the molecule is [B]S(F)(F)F. The first kappa shape index (κ1) is 5.20. The Morgan fingerprint density at radius 1 is 1.20 bits per heavy atom. The predicted octanol–water partition coefficient (Wildman–Crippen LogP) is 1.53. The van der Waals surface area contributed by atoms with E-state index in [0.29, 0.717) is 0 Å². The van der Waals surface area contributed by atoms with Gasteiger partial charge < -0.3 is 0 Å². The van der Waals surface area contributed by atoms with Gasteiger partial charge in [0.05, 0.1) is 0 Å². The summed E-state index contributed by atoms with van der Waals surface area (Å²) in [5.41, 5.74) is 0. The van der Waals surface area contributed by atoms with E-state index in [9.17, 15) is 11.7 Å². The van der Waals surface area contributed by atoms with Crippen LogP contribution in [0.25, 0.3) is 0 Å². The van der Waals surface area contributed by atoms with Crippen LogP contribution in [-0.2, 0) is 0 Å². The Morgan fingerprint density at radius 2 is 1.20 bits per heavy atom. The van der Waals surface area contributed by atoms with E-state index in [1.165, 1.54) is 0 Å². The van der Waals surface area contributed by atoms with Gasteiger partial charge in [0, 0.05) is 0 Å². The molecule has 0 rings (SSSR count). The highest BCUT2D eigenvalue weighted by atomic mass is 32.3. The molecule has 0 saturated heterocycles. The zero-order chi connectivity index (χ0) is 4.50. The van der Waals surface area contributed by atoms with E-state index >= 15 is 0 Å². The van der Waals surface area contributed by atoms with Crippen LogP contribution >= 0.6 is 11.0 Å². The van der Waals surface area contributed by atoms with Gasteiger partial charge in [-0.3, -0.25) is 0 Å². The molecule has 0 atom stereocenters. The second kappa shape index (κ2) is 1.12. The highest BCUT2D eigenvalue weighted by Gasteiger charge is 2.07. The molecule has 0 aromatic carbocycles. The third-order valence-corrected chi connectivity index (χ3v) is 0. The van der Waals surface area contributed by atoms with Crippen molar-refractivity contribution in [3.05, 3.63) is 0 Å². The molecule has 0 amide bonds. The van der Waals surface area contributed by atoms with Crippen LogP contribution < -0.4 is 0 Å². The quantitative estimate of drug-likeness (QED) is 0.405. The molecule has 0 fully saturated rings. The van der Waals surface area contributed by atoms with Crippen molar-refractivity contribution in [2.45, 2.75) is 0 Å². The summed E-state index contributed by atoms with van der Waals surface area (Å²) in [6.07, 6.45) is 0. The van der Waals surface area contributed by atoms with E-state index < -0.39 is 11.0 Å². The molecule has 0 aromatic rings. The number of hydrogen-bond donors (Lipinski definition) is 0. The summed E-state index contributed by atoms with van der Waals surface area (Å²) in [7, 11) is 3.44. The minimum Gasteiger partial charge on any atom is -0.139 e. The smallest absolute Gasteiger partial charge is 0.139 e. The average molecular weight is 99.9 g/mol. The van der Waals surface area contributed by atoms with Crippen molar-refractivity contribution in [2.24, 2.45) is 0 Å². The highest BCUT2D eigenvalue weighted by Crippen LogP contribution is 2.47. The molecular formula is BF3S. The van der Waals surface area contributed by atoms with Crippen LogP contribution in [0.5, 0.6) is 0 Å². The highest BCUT2D eigenvalue weighted by molar-refractivity contribution is 8.38. The third kappa shape index (κ3) is 487. The summed E-state index contributed by atoms with van der Waals surface area (Å²) in [6.45, 7) is 0. The largest absolute Gasteiger partial charge is 0.270 e. The third-order valence-electron chi connectivity index (χ3n) is 0. The van der Waals surface area contributed by atoms with E-state index in [2.05, 4.69) is 7.12 Å². The van der Waals surface area contributed by atoms with E-state index in [1.807, 2.05) is 0 Å². The van der Waals surface area contributed by atoms with Crippen LogP contribution in [0.2, 0.25) is 0 Å². The van der Waals surface area contributed by atoms with Crippen LogP contribution in [0.15, 0.2) is 0 Å². The predicted molar refractivity (Wildman–Crippen MR) is 16.7 cm³/mol. The molecule has 0 aromatic heterocycles. The molecule has 30 valence electrons. The topological polar surface area (TPSA) is 0 Å². The lowest BCUT2D eigenvalue weighted by atomic mass is 10.8. The van der Waals surface area contributed by atoms with E-state index in [0.717, 1.165) is 0 Å². The molecule has 5 heavy (non-hydrogen) atoms. The Bertz CT molecular complexity index is 22.4. The van der Waals surface area contributed by atoms with Gasteiger partial charge in [-0.25, -0.2) is 0 Å². The Hall–Kier alpha value is 0.205. The minimum absolute atomic E-state index is 3.44. The van der Waals surface area contributed by atoms with Crippen LogP contribution in [0.1, 0.15) is 0 Å². The molecule has 0 saturated carbocycles. The zero-order valence-electron chi connectivity index (χ0n) is 2.12. The van der Waals surface area contributed by atoms with E-state index in [-0.39, 0.29) is 0 Å². The van der Waals surface area contributed by atoms with Gasteiger partial charge in [-0.05, 0) is 0 Å². The van der Waals surface area contributed by atoms with Gasteiger partial charge in [-0.2, -0.15) is 0 Å². The fraction of sp³-hybridized carbons (Fsp3) is 0. The summed E-state index contributed by atoms with van der Waals surface area (Å²) in [4.78, 5) is 0. The summed E-state index contributed by atoms with van der Waals surface area (Å²) in [6, 6.07) is 0. The standard InChI is InChI=1S/BF3S/c1-5(2,3)4. The fourth-order valence-electron chi connectivity index (χ4n) is 0. The van der Waals surface area contributed by atoms with Crippen molar-refractivity contribution < 1.29 is 11.7 Å². The van der Waals surface area contributed by atoms with E-state index in [1.54, 1.807) is 0 Å². The molecule has 0 spiro atoms. The Kier molecular flexibility index (Phi) is 1.17. The monoisotopic (exact) mass is 100.0 g/mol. The molecule has 0 bridgehead atoms. The van der Waals surface area contributed by atoms with Crippen LogP contribution in [0.3, 0.4) is 0 Å². The Morgan fingerprint density at radius 3 is 1.20 bits per heavy atom. The minimum atomic E-state index is -5.17. The molecular weight excluding hydrogens is 99.9 g/mol. The average Bonchev–Trinajstić information content (AvgIpc) is 0.722. The van der Waals surface area contributed by atoms with Crippen LogP contribution in [0.4, 0.5) is 11.7 Å². The van der Waals surface area contributed by atoms with Gasteiger partial charge in [0.15, 0.2) is 0 Å². The molecule has 0 aliphatic carbocycles. The summed E-state index contributed by atoms with van der Waals surface area (Å²) < 4.78 is 30.6. The van der Waals surface area contributed by atoms with Gasteiger partial charge in [0.1, 0.15) is 11.0 Å². The van der Waals surface area contributed by atoms with Gasteiger partial charge in [0.2, 0.25) is 0 Å². The van der Waals surface area contributed by atoms with Crippen LogP contribution in [-0.4, -0.2) is 7.12 Å². The molecule has 0 N–H and O–H groups in total. The molecule has 0 heterocycles. The Balaban J connectivity index is 3.02. The maximum Gasteiger partial charge on any atom is 0.270 e. The first-order chi connectivity index (χ1) is 2.00. The number of hydrogen-bond acceptors (Lipinski definition) is 0. The van der Waals surface area contributed by atoms with Crippen molar-refractivity contribution in [3.63, 3.8) is 0 Å². The lowest BCUT2D eigenvalue weighted by molar-refractivity contribution is 0.664. The maximum atomic E-state index is 10.2. The first-order valence-corrected chi connectivity index (χ1v) is 2.10. The van der Waals surface area contributed by atoms with Gasteiger partial charge in [-0.1, -0.05) is 0 Å². The molecule has 0 unspecified atom stereocenters. The van der Waals surface area contributed by atoms with Gasteiger partial charge in [0.25, 0.3) is 7.12 Å². The first-order valence-electron chi connectivity index (χ1n) is 0.699. The second-order valence-electron chi connectivity index (χ2n) is 0.442. The number of halogens is 3. The normalized spacial score (nSPS) is 15.0. The zero-order valence-corrected chi connectivity index (χ0v) is 2.94. The summed E-state index contributed by atoms with van der Waals surface area (Å²) in [5, 5.41) is 0. The second-order valence-corrected chi connectivity index (χ2v) is 1.33. The lowest BCUT2D eigenvalue weighted by Gasteiger charge is -1.95. The molecule has 2 radical (unpaired) electrons.